The molecule has 4 nitrogen and oxygen atoms in total. The van der Waals surface area contributed by atoms with Crippen LogP contribution in [0.15, 0.2) is 9.81 Å². The molecule has 0 radical (unpaired) electrons. The average Bonchev–Trinajstić information content (AvgIpc) is 2.17. The fourth-order valence-electron chi connectivity index (χ4n) is 0.523. The van der Waals surface area contributed by atoms with Crippen molar-refractivity contribution in [2.24, 2.45) is 0 Å². The summed E-state index contributed by atoms with van der Waals surface area (Å²) in [7, 11) is 0. The molecule has 0 rings (SSSR count). The van der Waals surface area contributed by atoms with E-state index in [-0.39, 0.29) is 52.5 Å². The van der Waals surface area contributed by atoms with Crippen molar-refractivity contribution in [2.75, 3.05) is 12.4 Å². The summed E-state index contributed by atoms with van der Waals surface area (Å²) in [4.78, 5) is 10.9. The van der Waals surface area contributed by atoms with Crippen LogP contribution >= 0.6 is 24.4 Å². The smallest absolute Gasteiger partial charge is 1.00 e. The van der Waals surface area contributed by atoms with E-state index in [2.05, 4.69) is 17.4 Å². The quantitative estimate of drug-likeness (QED) is 0.288. The van der Waals surface area contributed by atoms with Gasteiger partial charge in [0, 0.05) is 0 Å². The van der Waals surface area contributed by atoms with Crippen molar-refractivity contribution in [3.05, 3.63) is 9.81 Å². The van der Waals surface area contributed by atoms with E-state index in [9.17, 15) is 4.79 Å². The molecular formula is C8H9N2NaO2S2. The largest absolute Gasteiger partial charge is 1.00 e. The van der Waals surface area contributed by atoms with Crippen LogP contribution < -0.4 is 29.6 Å². The van der Waals surface area contributed by atoms with Gasteiger partial charge in [0.05, 0.1) is 16.6 Å². The number of hydrogen-bond donors (Lipinski definition) is 1. The van der Waals surface area contributed by atoms with Crippen molar-refractivity contribution < 1.29 is 40.5 Å². The Bertz CT molecular complexity index is 320. The Hall–Kier alpha value is -0.110. The number of thioether (sulfide) groups is 1. The van der Waals surface area contributed by atoms with Crippen LogP contribution in [-0.2, 0) is 9.53 Å². The fourth-order valence-corrected chi connectivity index (χ4v) is 1.39. The Morgan fingerprint density at radius 3 is 2.47 bits per heavy atom. The fraction of sp³-hybridized carbons (Fsp3) is 0.375. The maximum atomic E-state index is 10.9. The molecule has 0 atom stereocenters. The van der Waals surface area contributed by atoms with Crippen LogP contribution in [0, 0.1) is 22.7 Å². The van der Waals surface area contributed by atoms with Crippen LogP contribution in [0.25, 0.3) is 0 Å². The minimum Gasteiger partial charge on any atom is -1.00 e. The molecule has 0 aliphatic heterocycles. The summed E-state index contributed by atoms with van der Waals surface area (Å²) in [5.41, 5.74) is -0.0948. The minimum absolute atomic E-state index is 0. The van der Waals surface area contributed by atoms with Gasteiger partial charge in [-0.3, -0.25) is 4.79 Å². The molecule has 0 bridgehead atoms. The molecule has 76 valence electrons. The van der Waals surface area contributed by atoms with Crippen molar-refractivity contribution in [3.8, 4) is 12.1 Å². The third kappa shape index (κ3) is 7.78. The first-order valence-corrected chi connectivity index (χ1v) is 5.10. The number of carbonyl (C=O) groups excluding carboxylic acids is 1. The van der Waals surface area contributed by atoms with E-state index < -0.39 is 0 Å². The van der Waals surface area contributed by atoms with E-state index in [4.69, 9.17) is 10.5 Å². The summed E-state index contributed by atoms with van der Waals surface area (Å²) >= 11 is 4.92. The second-order valence-electron chi connectivity index (χ2n) is 2.00. The first-order chi connectivity index (χ1) is 6.65. The van der Waals surface area contributed by atoms with Crippen LogP contribution in [0.1, 0.15) is 8.35 Å². The molecule has 0 spiro atoms. The van der Waals surface area contributed by atoms with E-state index in [1.807, 2.05) is 0 Å². The normalized spacial score (nSPS) is 7.73. The molecule has 0 N–H and O–H groups in total. The molecule has 0 heterocycles. The van der Waals surface area contributed by atoms with E-state index in [1.54, 1.807) is 19.1 Å². The van der Waals surface area contributed by atoms with Crippen molar-refractivity contribution in [2.45, 2.75) is 6.92 Å². The summed E-state index contributed by atoms with van der Waals surface area (Å²) in [5, 5.41) is 16.9. The average molecular weight is 252 g/mol. The topological polar surface area (TPSA) is 73.9 Å². The van der Waals surface area contributed by atoms with E-state index >= 15 is 0 Å². The first-order valence-electron chi connectivity index (χ1n) is 3.67. The van der Waals surface area contributed by atoms with Crippen molar-refractivity contribution in [1.29, 1.82) is 10.5 Å². The Balaban J connectivity index is -0.000000845. The van der Waals surface area contributed by atoms with Gasteiger partial charge in [-0.2, -0.15) is 10.5 Å². The summed E-state index contributed by atoms with van der Waals surface area (Å²) in [5.74, 6) is -0.334. The third-order valence-electron chi connectivity index (χ3n) is 1.07. The van der Waals surface area contributed by atoms with Gasteiger partial charge in [-0.05, 0) is 6.92 Å². The van der Waals surface area contributed by atoms with Gasteiger partial charge in [-0.25, -0.2) is 0 Å². The summed E-state index contributed by atoms with van der Waals surface area (Å²) in [6.45, 7) is 2.02. The van der Waals surface area contributed by atoms with Crippen molar-refractivity contribution in [3.63, 3.8) is 0 Å². The number of carbonyl (C=O) groups is 1. The van der Waals surface area contributed by atoms with Crippen LogP contribution in [0.4, 0.5) is 0 Å². The Kier molecular flexibility index (Phi) is 12.0. The Labute approximate surface area is 122 Å². The second kappa shape index (κ2) is 10.4. The Morgan fingerprint density at radius 1 is 1.53 bits per heavy atom. The number of allylic oxidation sites excluding steroid dienone is 1. The van der Waals surface area contributed by atoms with E-state index in [0.717, 1.165) is 11.8 Å². The van der Waals surface area contributed by atoms with Gasteiger partial charge in [0.25, 0.3) is 0 Å². The molecule has 0 unspecified atom stereocenters. The van der Waals surface area contributed by atoms with Gasteiger partial charge in [0.2, 0.25) is 0 Å². The summed E-state index contributed by atoms with van der Waals surface area (Å²) < 4.78 is 4.90. The van der Waals surface area contributed by atoms with E-state index in [0.29, 0.717) is 6.61 Å². The monoisotopic (exact) mass is 252 g/mol. The molecule has 0 saturated heterocycles. The molecule has 0 aliphatic carbocycles. The van der Waals surface area contributed by atoms with Crippen LogP contribution in [0.2, 0.25) is 0 Å². The number of ether oxygens (including phenoxy) is 1. The zero-order chi connectivity index (χ0) is 11.0. The first kappa shape index (κ1) is 17.3. The molecule has 0 aromatic heterocycles. The predicted molar refractivity (Wildman–Crippen MR) is 57.4 cm³/mol. The zero-order valence-electron chi connectivity index (χ0n) is 9.48. The van der Waals surface area contributed by atoms with Gasteiger partial charge in [0.15, 0.2) is 0 Å². The molecule has 0 aliphatic rings. The van der Waals surface area contributed by atoms with E-state index in [1.165, 1.54) is 0 Å². The molecule has 0 aromatic rings. The third-order valence-corrected chi connectivity index (χ3v) is 2.54. The molecule has 7 heteroatoms. The van der Waals surface area contributed by atoms with Gasteiger partial charge >= 0.3 is 35.5 Å². The predicted octanol–water partition coefficient (Wildman–Crippen LogP) is -1.41. The zero-order valence-corrected chi connectivity index (χ0v) is 12.2. The number of nitrogens with zero attached hydrogens (tertiary/aromatic N) is 2. The van der Waals surface area contributed by atoms with Crippen molar-refractivity contribution in [1.82, 2.24) is 0 Å². The number of nitriles is 2. The molecule has 0 saturated carbocycles. The number of rotatable bonds is 4. The van der Waals surface area contributed by atoms with Gasteiger partial charge in [-0.15, -0.1) is 24.4 Å². The molecule has 0 aromatic carbocycles. The molecule has 0 amide bonds. The Morgan fingerprint density at radius 2 is 2.07 bits per heavy atom. The molecular weight excluding hydrogens is 243 g/mol. The van der Waals surface area contributed by atoms with Gasteiger partial charge in [-0.1, -0.05) is 0 Å². The maximum Gasteiger partial charge on any atom is 1.00 e. The van der Waals surface area contributed by atoms with Crippen LogP contribution in [-0.4, -0.2) is 18.3 Å². The van der Waals surface area contributed by atoms with Crippen molar-refractivity contribution >= 4 is 30.4 Å². The molecule has 15 heavy (non-hydrogen) atoms. The number of hydrogen-bond acceptors (Lipinski definition) is 6. The summed E-state index contributed by atoms with van der Waals surface area (Å²) in [6, 6.07) is 3.35. The van der Waals surface area contributed by atoms with Gasteiger partial charge in [0.1, 0.15) is 17.7 Å². The maximum absolute atomic E-state index is 10.9. The van der Waals surface area contributed by atoms with Gasteiger partial charge < -0.3 is 6.16 Å². The second-order valence-corrected chi connectivity index (χ2v) is 3.73. The van der Waals surface area contributed by atoms with Crippen LogP contribution in [0.5, 0.6) is 0 Å². The SMILES string of the molecule is CCOC(=O)CSC(S)=C(C#N)C#N.[H-].[Na+]. The number of esters is 1. The summed E-state index contributed by atoms with van der Waals surface area (Å²) in [6.07, 6.45) is 0. The molecule has 0 fully saturated rings. The minimum atomic E-state index is -0.390. The number of thiol groups is 1. The standard InChI is InChI=1S/C8H8N2O2S2.Na.H/c1-2-12-7(11)5-14-8(13)6(3-9)4-10;;/h13H,2,5H2,1H3;;/q;+1;-1. The van der Waals surface area contributed by atoms with Crippen LogP contribution in [0.3, 0.4) is 0 Å².